The summed E-state index contributed by atoms with van der Waals surface area (Å²) >= 11 is 0. The van der Waals surface area contributed by atoms with Crippen molar-refractivity contribution in [2.45, 2.75) is 39.5 Å². The molecule has 29 heavy (non-hydrogen) atoms. The summed E-state index contributed by atoms with van der Waals surface area (Å²) in [5.41, 5.74) is 3.09. The van der Waals surface area contributed by atoms with E-state index in [-0.39, 0.29) is 19.3 Å². The van der Waals surface area contributed by atoms with Crippen molar-refractivity contribution in [1.29, 1.82) is 0 Å². The van der Waals surface area contributed by atoms with E-state index in [1.165, 1.54) is 5.56 Å². The van der Waals surface area contributed by atoms with Crippen molar-refractivity contribution in [3.05, 3.63) is 59.4 Å². The topological polar surface area (TPSA) is 94.3 Å². The van der Waals surface area contributed by atoms with Gasteiger partial charge in [-0.05, 0) is 53.6 Å². The third kappa shape index (κ3) is 5.30. The van der Waals surface area contributed by atoms with E-state index >= 15 is 0 Å². The number of rotatable bonds is 10. The van der Waals surface area contributed by atoms with Gasteiger partial charge in [0.05, 0.1) is 19.4 Å². The summed E-state index contributed by atoms with van der Waals surface area (Å²) in [4.78, 5) is 0. The molecule has 0 amide bonds. The second-order valence-electron chi connectivity index (χ2n) is 6.78. The molecule has 8 nitrogen and oxygen atoms in total. The fourth-order valence-corrected chi connectivity index (χ4v) is 2.87. The van der Waals surface area contributed by atoms with Crippen LogP contribution in [0.3, 0.4) is 0 Å². The number of aromatic nitrogens is 4. The van der Waals surface area contributed by atoms with E-state index in [2.05, 4.69) is 20.8 Å². The lowest BCUT2D eigenvalue weighted by atomic mass is 10.1. The van der Waals surface area contributed by atoms with Crippen LogP contribution in [0.4, 0.5) is 0 Å². The Hall–Kier alpha value is -2.97. The van der Waals surface area contributed by atoms with E-state index in [9.17, 15) is 5.11 Å². The number of hydrogen-bond donors (Lipinski definition) is 2. The largest absolute Gasteiger partial charge is 0.493 e. The zero-order valence-electron chi connectivity index (χ0n) is 17.0. The van der Waals surface area contributed by atoms with Gasteiger partial charge >= 0.3 is 0 Å². The van der Waals surface area contributed by atoms with E-state index in [1.807, 2.05) is 56.3 Å². The molecule has 0 aliphatic heterocycles. The molecule has 0 unspecified atom stereocenters. The smallest absolute Gasteiger partial charge is 0.194 e. The number of methoxy groups -OCH3 is 1. The van der Waals surface area contributed by atoms with Gasteiger partial charge in [0.15, 0.2) is 23.9 Å². The van der Waals surface area contributed by atoms with E-state index in [0.29, 0.717) is 23.9 Å². The van der Waals surface area contributed by atoms with Crippen molar-refractivity contribution in [2.24, 2.45) is 0 Å². The monoisotopic (exact) mass is 397 g/mol. The Morgan fingerprint density at radius 1 is 1.14 bits per heavy atom. The zero-order valence-corrected chi connectivity index (χ0v) is 17.0. The highest BCUT2D eigenvalue weighted by molar-refractivity contribution is 5.43. The zero-order chi connectivity index (χ0) is 20.6. The number of aliphatic hydroxyl groups excluding tert-OH is 1. The molecule has 0 bridgehead atoms. The molecule has 0 saturated heterocycles. The molecule has 2 aromatic carbocycles. The molecule has 154 valence electrons. The van der Waals surface area contributed by atoms with E-state index in [1.54, 1.807) is 11.8 Å². The first-order valence-electron chi connectivity index (χ1n) is 9.62. The molecule has 1 atom stereocenters. The third-order valence-electron chi connectivity index (χ3n) is 4.71. The maximum atomic E-state index is 9.30. The van der Waals surface area contributed by atoms with Crippen molar-refractivity contribution in [1.82, 2.24) is 25.5 Å². The second kappa shape index (κ2) is 9.99. The predicted molar refractivity (Wildman–Crippen MR) is 109 cm³/mol. The van der Waals surface area contributed by atoms with Crippen molar-refractivity contribution in [3.63, 3.8) is 0 Å². The maximum absolute atomic E-state index is 9.30. The van der Waals surface area contributed by atoms with Crippen molar-refractivity contribution in [3.8, 4) is 17.2 Å². The van der Waals surface area contributed by atoms with Crippen molar-refractivity contribution < 1.29 is 14.6 Å². The fourth-order valence-electron chi connectivity index (χ4n) is 2.87. The quantitative estimate of drug-likeness (QED) is 0.542. The number of aryl methyl sites for hydroxylation is 1. The van der Waals surface area contributed by atoms with Crippen LogP contribution in [0, 0.1) is 6.92 Å². The number of nitrogens with zero attached hydrogens (tertiary/aromatic N) is 4. The van der Waals surface area contributed by atoms with Crippen LogP contribution in [-0.2, 0) is 13.2 Å². The first-order chi connectivity index (χ1) is 14.1. The SMILES string of the molecule is CC[C@@H](CO)NCc1ccc(OCc2nnnn2-c2ccc(C)cc2)c(OC)c1. The molecule has 0 aliphatic rings. The van der Waals surface area contributed by atoms with E-state index in [4.69, 9.17) is 9.47 Å². The molecular weight excluding hydrogens is 370 g/mol. The molecule has 0 aliphatic carbocycles. The van der Waals surface area contributed by atoms with Crippen molar-refractivity contribution in [2.75, 3.05) is 13.7 Å². The average Bonchev–Trinajstić information content (AvgIpc) is 3.22. The van der Waals surface area contributed by atoms with Gasteiger partial charge in [0.2, 0.25) is 0 Å². The Balaban J connectivity index is 1.68. The fraction of sp³-hybridized carbons (Fsp3) is 0.381. The van der Waals surface area contributed by atoms with Gasteiger partial charge in [-0.15, -0.1) is 5.10 Å². The molecule has 3 rings (SSSR count). The highest BCUT2D eigenvalue weighted by atomic mass is 16.5. The summed E-state index contributed by atoms with van der Waals surface area (Å²) < 4.78 is 13.1. The van der Waals surface area contributed by atoms with Crippen LogP contribution < -0.4 is 14.8 Å². The first kappa shape index (κ1) is 20.8. The van der Waals surface area contributed by atoms with Gasteiger partial charge in [-0.2, -0.15) is 4.68 Å². The summed E-state index contributed by atoms with van der Waals surface area (Å²) in [6.45, 7) is 5.03. The van der Waals surface area contributed by atoms with Crippen LogP contribution in [0.2, 0.25) is 0 Å². The summed E-state index contributed by atoms with van der Waals surface area (Å²) in [5.74, 6) is 1.84. The average molecular weight is 397 g/mol. The summed E-state index contributed by atoms with van der Waals surface area (Å²) in [5, 5.41) is 24.5. The Morgan fingerprint density at radius 2 is 1.93 bits per heavy atom. The van der Waals surface area contributed by atoms with Gasteiger partial charge in [0.1, 0.15) is 0 Å². The molecule has 2 N–H and O–H groups in total. The molecule has 0 saturated carbocycles. The normalized spacial score (nSPS) is 12.0. The molecular formula is C21H27N5O3. The number of benzene rings is 2. The number of hydrogen-bond acceptors (Lipinski definition) is 7. The summed E-state index contributed by atoms with van der Waals surface area (Å²) in [6.07, 6.45) is 0.866. The Morgan fingerprint density at radius 3 is 2.62 bits per heavy atom. The maximum Gasteiger partial charge on any atom is 0.194 e. The second-order valence-corrected chi connectivity index (χ2v) is 6.78. The highest BCUT2D eigenvalue weighted by Crippen LogP contribution is 2.29. The number of tetrazole rings is 1. The van der Waals surface area contributed by atoms with Crippen LogP contribution in [0.1, 0.15) is 30.3 Å². The number of aliphatic hydroxyl groups is 1. The summed E-state index contributed by atoms with van der Waals surface area (Å²) in [6, 6.07) is 13.8. The molecule has 1 aromatic heterocycles. The standard InChI is InChI=1S/C21H27N5O3/c1-4-17(13-27)22-12-16-7-10-19(20(11-16)28-3)29-14-21-23-24-25-26(21)18-8-5-15(2)6-9-18/h5-11,17,22,27H,4,12-14H2,1-3H3/t17-/m0/s1. The lowest BCUT2D eigenvalue weighted by molar-refractivity contribution is 0.238. The first-order valence-corrected chi connectivity index (χ1v) is 9.62. The highest BCUT2D eigenvalue weighted by Gasteiger charge is 2.12. The number of ether oxygens (including phenoxy) is 2. The Labute approximate surface area is 170 Å². The van der Waals surface area contributed by atoms with Gasteiger partial charge in [-0.1, -0.05) is 30.7 Å². The molecule has 1 heterocycles. The molecule has 8 heteroatoms. The van der Waals surface area contributed by atoms with Crippen LogP contribution in [0.5, 0.6) is 11.5 Å². The minimum absolute atomic E-state index is 0.0811. The molecule has 0 radical (unpaired) electrons. The van der Waals surface area contributed by atoms with Gasteiger partial charge in [0.25, 0.3) is 0 Å². The Kier molecular flexibility index (Phi) is 7.15. The Bertz CT molecular complexity index is 907. The number of nitrogens with one attached hydrogen (secondary N) is 1. The van der Waals surface area contributed by atoms with Crippen LogP contribution in [0.15, 0.2) is 42.5 Å². The van der Waals surface area contributed by atoms with Crippen LogP contribution in [0.25, 0.3) is 5.69 Å². The van der Waals surface area contributed by atoms with E-state index < -0.39 is 0 Å². The lowest BCUT2D eigenvalue weighted by Crippen LogP contribution is -2.31. The van der Waals surface area contributed by atoms with E-state index in [0.717, 1.165) is 17.7 Å². The molecule has 3 aromatic rings. The van der Waals surface area contributed by atoms with Crippen LogP contribution >= 0.6 is 0 Å². The molecule has 0 fully saturated rings. The minimum Gasteiger partial charge on any atom is -0.493 e. The van der Waals surface area contributed by atoms with Gasteiger partial charge < -0.3 is 19.9 Å². The molecule has 0 spiro atoms. The summed E-state index contributed by atoms with van der Waals surface area (Å²) in [7, 11) is 1.61. The third-order valence-corrected chi connectivity index (χ3v) is 4.71. The minimum atomic E-state index is 0.0811. The predicted octanol–water partition coefficient (Wildman–Crippen LogP) is 2.42. The van der Waals surface area contributed by atoms with Gasteiger partial charge in [-0.25, -0.2) is 0 Å². The van der Waals surface area contributed by atoms with Crippen molar-refractivity contribution >= 4 is 0 Å². The van der Waals surface area contributed by atoms with Gasteiger partial charge in [-0.3, -0.25) is 0 Å². The van der Waals surface area contributed by atoms with Gasteiger partial charge in [0, 0.05) is 12.6 Å². The van der Waals surface area contributed by atoms with Crippen LogP contribution in [-0.4, -0.2) is 45.1 Å². The lowest BCUT2D eigenvalue weighted by Gasteiger charge is -2.15.